The van der Waals surface area contributed by atoms with E-state index in [2.05, 4.69) is 4.90 Å². The van der Waals surface area contributed by atoms with Crippen LogP contribution < -0.4 is 0 Å². The molecule has 5 heteroatoms. The third-order valence-corrected chi connectivity index (χ3v) is 6.84. The van der Waals surface area contributed by atoms with E-state index in [1.54, 1.807) is 0 Å². The summed E-state index contributed by atoms with van der Waals surface area (Å²) in [5.41, 5.74) is -0.176. The number of rotatable bonds is 3. The molecule has 0 N–H and O–H groups in total. The van der Waals surface area contributed by atoms with Gasteiger partial charge >= 0.3 is 0 Å². The Morgan fingerprint density at radius 3 is 2.50 bits per heavy atom. The van der Waals surface area contributed by atoms with E-state index in [1.165, 1.54) is 19.3 Å². The van der Waals surface area contributed by atoms with E-state index in [9.17, 15) is 9.59 Å². The Hall–Kier alpha value is -1.10. The molecule has 0 aromatic rings. The molecule has 24 heavy (non-hydrogen) atoms. The third-order valence-electron chi connectivity index (χ3n) is 6.84. The minimum Gasteiger partial charge on any atom is -0.381 e. The smallest absolute Gasteiger partial charge is 0.228 e. The average Bonchev–Trinajstić information content (AvgIpc) is 3.09. The number of carbonyl (C=O) groups is 2. The maximum atomic E-state index is 13.1. The molecule has 4 fully saturated rings. The van der Waals surface area contributed by atoms with Crippen molar-refractivity contribution < 1.29 is 14.3 Å². The lowest BCUT2D eigenvalue weighted by Gasteiger charge is -2.47. The second-order valence-electron chi connectivity index (χ2n) is 8.32. The predicted molar refractivity (Wildman–Crippen MR) is 90.3 cm³/mol. The van der Waals surface area contributed by atoms with E-state index >= 15 is 0 Å². The van der Waals surface area contributed by atoms with Gasteiger partial charge in [-0.25, -0.2) is 0 Å². The zero-order valence-electron chi connectivity index (χ0n) is 14.7. The first-order valence-electron chi connectivity index (χ1n) is 9.84. The molecule has 0 bridgehead atoms. The van der Waals surface area contributed by atoms with Crippen molar-refractivity contribution in [2.45, 2.75) is 51.4 Å². The summed E-state index contributed by atoms with van der Waals surface area (Å²) >= 11 is 0. The van der Waals surface area contributed by atoms with Gasteiger partial charge in [0.05, 0.1) is 17.9 Å². The van der Waals surface area contributed by atoms with E-state index in [-0.39, 0.29) is 17.2 Å². The molecule has 0 radical (unpaired) electrons. The fraction of sp³-hybridized carbons (Fsp3) is 0.895. The summed E-state index contributed by atoms with van der Waals surface area (Å²) in [5, 5.41) is 0. The first kappa shape index (κ1) is 16.4. The minimum absolute atomic E-state index is 0.0521. The zero-order valence-corrected chi connectivity index (χ0v) is 14.7. The van der Waals surface area contributed by atoms with Crippen LogP contribution in [0.15, 0.2) is 0 Å². The van der Waals surface area contributed by atoms with Crippen LogP contribution in [0.5, 0.6) is 0 Å². The first-order valence-corrected chi connectivity index (χ1v) is 9.84. The van der Waals surface area contributed by atoms with Gasteiger partial charge < -0.3 is 14.5 Å². The highest BCUT2D eigenvalue weighted by molar-refractivity contribution is 5.84. The molecule has 0 unspecified atom stereocenters. The lowest BCUT2D eigenvalue weighted by Crippen LogP contribution is -2.55. The number of amides is 2. The maximum Gasteiger partial charge on any atom is 0.228 e. The minimum atomic E-state index is -0.176. The van der Waals surface area contributed by atoms with Crippen molar-refractivity contribution in [3.05, 3.63) is 0 Å². The highest BCUT2D eigenvalue weighted by Gasteiger charge is 2.47. The number of piperidine rings is 2. The Kier molecular flexibility index (Phi) is 4.54. The van der Waals surface area contributed by atoms with Crippen LogP contribution in [0.2, 0.25) is 0 Å². The molecule has 4 aliphatic rings. The summed E-state index contributed by atoms with van der Waals surface area (Å²) in [6.45, 7) is 4.70. The fourth-order valence-electron chi connectivity index (χ4n) is 4.92. The molecule has 1 atom stereocenters. The molecule has 0 aromatic carbocycles. The van der Waals surface area contributed by atoms with Gasteiger partial charge in [-0.2, -0.15) is 0 Å². The lowest BCUT2D eigenvalue weighted by molar-refractivity contribution is -0.154. The number of nitrogens with zero attached hydrogens (tertiary/aromatic N) is 2. The standard InChI is InChI=1S/C19H30N2O3/c22-17(16-5-12-24-14-16)20-10-7-19(8-11-20)6-2-9-21(18(19)23)13-15-3-1-4-15/h15-16H,1-14H2/t16-/m0/s1. The highest BCUT2D eigenvalue weighted by Crippen LogP contribution is 2.42. The molecule has 1 saturated carbocycles. The summed E-state index contributed by atoms with van der Waals surface area (Å²) in [4.78, 5) is 29.8. The van der Waals surface area contributed by atoms with Gasteiger partial charge in [-0.15, -0.1) is 0 Å². The summed E-state index contributed by atoms with van der Waals surface area (Å²) in [7, 11) is 0. The van der Waals surface area contributed by atoms with Crippen molar-refractivity contribution in [1.82, 2.24) is 9.80 Å². The summed E-state index contributed by atoms with van der Waals surface area (Å²) in [6, 6.07) is 0. The number of ether oxygens (including phenoxy) is 1. The van der Waals surface area contributed by atoms with Gasteiger partial charge in [0.25, 0.3) is 0 Å². The van der Waals surface area contributed by atoms with E-state index in [0.29, 0.717) is 19.1 Å². The van der Waals surface area contributed by atoms with Crippen LogP contribution in [-0.4, -0.2) is 61.0 Å². The Morgan fingerprint density at radius 1 is 1.08 bits per heavy atom. The largest absolute Gasteiger partial charge is 0.381 e. The lowest BCUT2D eigenvalue weighted by atomic mass is 9.71. The molecule has 2 amide bonds. The molecule has 3 aliphatic heterocycles. The number of likely N-dealkylation sites (tertiary alicyclic amines) is 2. The molecule has 1 spiro atoms. The van der Waals surface area contributed by atoms with Crippen LogP contribution in [0.3, 0.4) is 0 Å². The molecule has 4 rings (SSSR count). The molecule has 0 aromatic heterocycles. The summed E-state index contributed by atoms with van der Waals surface area (Å²) in [6.07, 6.45) is 8.63. The summed E-state index contributed by atoms with van der Waals surface area (Å²) in [5.74, 6) is 1.43. The van der Waals surface area contributed by atoms with Crippen molar-refractivity contribution in [1.29, 1.82) is 0 Å². The molecule has 1 aliphatic carbocycles. The highest BCUT2D eigenvalue weighted by atomic mass is 16.5. The molecular weight excluding hydrogens is 304 g/mol. The Labute approximate surface area is 144 Å². The van der Waals surface area contributed by atoms with E-state index in [1.807, 2.05) is 4.90 Å². The molecule has 5 nitrogen and oxygen atoms in total. The molecular formula is C19H30N2O3. The second kappa shape index (κ2) is 6.66. The van der Waals surface area contributed by atoms with Crippen LogP contribution in [0.25, 0.3) is 0 Å². The molecule has 3 saturated heterocycles. The van der Waals surface area contributed by atoms with E-state index in [0.717, 1.165) is 64.2 Å². The SMILES string of the molecule is O=C([C@H]1CCOC1)N1CCC2(CCCN(CC3CCC3)C2=O)CC1. The van der Waals surface area contributed by atoms with Crippen LogP contribution in [-0.2, 0) is 14.3 Å². The second-order valence-corrected chi connectivity index (χ2v) is 8.32. The number of carbonyl (C=O) groups excluding carboxylic acids is 2. The average molecular weight is 334 g/mol. The predicted octanol–water partition coefficient (Wildman–Crippen LogP) is 2.05. The first-order chi connectivity index (χ1) is 11.7. The van der Waals surface area contributed by atoms with Gasteiger partial charge in [0.2, 0.25) is 11.8 Å². The van der Waals surface area contributed by atoms with Crippen molar-refractivity contribution in [3.8, 4) is 0 Å². The van der Waals surface area contributed by atoms with E-state index < -0.39 is 0 Å². The topological polar surface area (TPSA) is 49.9 Å². The Bertz CT molecular complexity index is 489. The molecule has 134 valence electrons. The monoisotopic (exact) mass is 334 g/mol. The van der Waals surface area contributed by atoms with Crippen LogP contribution in [0.4, 0.5) is 0 Å². The van der Waals surface area contributed by atoms with Gasteiger partial charge in [0.1, 0.15) is 0 Å². The van der Waals surface area contributed by atoms with Crippen LogP contribution >= 0.6 is 0 Å². The van der Waals surface area contributed by atoms with Crippen molar-refractivity contribution in [2.24, 2.45) is 17.3 Å². The maximum absolute atomic E-state index is 13.1. The quantitative estimate of drug-likeness (QED) is 0.794. The Morgan fingerprint density at radius 2 is 1.88 bits per heavy atom. The fourth-order valence-corrected chi connectivity index (χ4v) is 4.92. The molecule has 3 heterocycles. The van der Waals surface area contributed by atoms with Gasteiger partial charge in [-0.1, -0.05) is 6.42 Å². The third kappa shape index (κ3) is 2.96. The van der Waals surface area contributed by atoms with Gasteiger partial charge in [-0.05, 0) is 50.9 Å². The normalized spacial score (nSPS) is 30.7. The van der Waals surface area contributed by atoms with Gasteiger partial charge in [0.15, 0.2) is 0 Å². The zero-order chi connectivity index (χ0) is 16.6. The van der Waals surface area contributed by atoms with Crippen molar-refractivity contribution in [2.75, 3.05) is 39.4 Å². The number of hydrogen-bond acceptors (Lipinski definition) is 3. The summed E-state index contributed by atoms with van der Waals surface area (Å²) < 4.78 is 5.35. The van der Waals surface area contributed by atoms with Crippen molar-refractivity contribution >= 4 is 11.8 Å². The Balaban J connectivity index is 1.35. The van der Waals surface area contributed by atoms with Gasteiger partial charge in [-0.3, -0.25) is 9.59 Å². The van der Waals surface area contributed by atoms with Crippen LogP contribution in [0.1, 0.15) is 51.4 Å². The number of hydrogen-bond donors (Lipinski definition) is 0. The van der Waals surface area contributed by atoms with Crippen LogP contribution in [0, 0.1) is 17.3 Å². The van der Waals surface area contributed by atoms with E-state index in [4.69, 9.17) is 4.74 Å². The van der Waals surface area contributed by atoms with Crippen molar-refractivity contribution in [3.63, 3.8) is 0 Å². The van der Waals surface area contributed by atoms with Gasteiger partial charge in [0, 0.05) is 32.8 Å².